The van der Waals surface area contributed by atoms with Crippen LogP contribution in [0.1, 0.15) is 0 Å². The maximum atomic E-state index is 14.1. The van der Waals surface area contributed by atoms with E-state index in [4.69, 9.17) is 5.73 Å². The van der Waals surface area contributed by atoms with E-state index in [1.54, 1.807) is 12.3 Å². The molecule has 2 aromatic carbocycles. The summed E-state index contributed by atoms with van der Waals surface area (Å²) >= 11 is 0. The zero-order chi connectivity index (χ0) is 21.2. The lowest BCUT2D eigenvalue weighted by molar-refractivity contribution is 0.596. The van der Waals surface area contributed by atoms with E-state index in [-0.39, 0.29) is 5.82 Å². The van der Waals surface area contributed by atoms with Gasteiger partial charge in [-0.1, -0.05) is 30.3 Å². The largest absolute Gasteiger partial charge is 0.393 e. The van der Waals surface area contributed by atoms with Gasteiger partial charge in [-0.3, -0.25) is 4.98 Å². The molecule has 0 amide bonds. The number of pyridine rings is 1. The Kier molecular flexibility index (Phi) is 4.95. The van der Waals surface area contributed by atoms with E-state index < -0.39 is 0 Å². The van der Waals surface area contributed by atoms with Crippen molar-refractivity contribution in [3.8, 4) is 0 Å². The molecule has 8 heteroatoms. The number of anilines is 5. The van der Waals surface area contributed by atoms with Crippen LogP contribution >= 0.6 is 0 Å². The van der Waals surface area contributed by atoms with E-state index in [9.17, 15) is 4.39 Å². The number of halogens is 1. The van der Waals surface area contributed by atoms with Crippen LogP contribution in [0.3, 0.4) is 0 Å². The van der Waals surface area contributed by atoms with Gasteiger partial charge in [0.15, 0.2) is 11.6 Å². The van der Waals surface area contributed by atoms with Crippen molar-refractivity contribution in [3.05, 3.63) is 72.9 Å². The molecule has 0 bridgehead atoms. The predicted octanol–water partition coefficient (Wildman–Crippen LogP) is 3.82. The highest BCUT2D eigenvalue weighted by atomic mass is 19.1. The van der Waals surface area contributed by atoms with Gasteiger partial charge in [-0.05, 0) is 24.3 Å². The highest BCUT2D eigenvalue weighted by Crippen LogP contribution is 2.31. The van der Waals surface area contributed by atoms with Crippen LogP contribution in [0.4, 0.5) is 33.1 Å². The summed E-state index contributed by atoms with van der Waals surface area (Å²) < 4.78 is 14.1. The van der Waals surface area contributed by atoms with Gasteiger partial charge in [0.2, 0.25) is 0 Å². The van der Waals surface area contributed by atoms with Gasteiger partial charge in [0.1, 0.15) is 17.8 Å². The summed E-state index contributed by atoms with van der Waals surface area (Å²) in [6, 6.07) is 16.7. The fourth-order valence-corrected chi connectivity index (χ4v) is 3.94. The zero-order valence-electron chi connectivity index (χ0n) is 16.9. The summed E-state index contributed by atoms with van der Waals surface area (Å²) in [5.74, 6) is 1.02. The molecular formula is C23H22FN7. The minimum absolute atomic E-state index is 0.201. The van der Waals surface area contributed by atoms with E-state index >= 15 is 0 Å². The highest BCUT2D eigenvalue weighted by Gasteiger charge is 2.23. The number of hydrogen-bond acceptors (Lipinski definition) is 7. The molecule has 0 radical (unpaired) electrons. The van der Waals surface area contributed by atoms with Gasteiger partial charge in [0.25, 0.3) is 0 Å². The Morgan fingerprint density at radius 3 is 2.45 bits per heavy atom. The van der Waals surface area contributed by atoms with E-state index in [1.165, 1.54) is 12.4 Å². The van der Waals surface area contributed by atoms with Crippen LogP contribution < -0.4 is 20.9 Å². The van der Waals surface area contributed by atoms with E-state index in [0.717, 1.165) is 16.6 Å². The number of rotatable bonds is 4. The molecule has 1 aliphatic rings. The molecule has 0 saturated carbocycles. The number of benzene rings is 2. The lowest BCUT2D eigenvalue weighted by atomic mass is 10.2. The molecule has 0 atom stereocenters. The fraction of sp³-hybridized carbons (Fsp3) is 0.174. The molecular weight excluding hydrogens is 393 g/mol. The number of aromatic nitrogens is 3. The Balaban J connectivity index is 1.36. The van der Waals surface area contributed by atoms with Crippen LogP contribution in [0.15, 0.2) is 67.1 Å². The molecule has 7 nitrogen and oxygen atoms in total. The van der Waals surface area contributed by atoms with Crippen molar-refractivity contribution in [2.45, 2.75) is 0 Å². The molecule has 0 aliphatic carbocycles. The van der Waals surface area contributed by atoms with Crippen LogP contribution in [0.5, 0.6) is 0 Å². The second-order valence-electron chi connectivity index (χ2n) is 7.39. The Morgan fingerprint density at radius 2 is 1.61 bits per heavy atom. The Hall–Kier alpha value is -3.94. The smallest absolute Gasteiger partial charge is 0.159 e. The minimum Gasteiger partial charge on any atom is -0.393 e. The number of para-hydroxylation sites is 2. The lowest BCUT2D eigenvalue weighted by Crippen LogP contribution is -2.47. The van der Waals surface area contributed by atoms with Crippen LogP contribution in [0.25, 0.3) is 10.9 Å². The molecule has 156 valence electrons. The van der Waals surface area contributed by atoms with Crippen molar-refractivity contribution in [2.75, 3.05) is 47.0 Å². The predicted molar refractivity (Wildman–Crippen MR) is 122 cm³/mol. The molecule has 0 unspecified atom stereocenters. The second-order valence-corrected chi connectivity index (χ2v) is 7.39. The van der Waals surface area contributed by atoms with Gasteiger partial charge in [-0.15, -0.1) is 0 Å². The SMILES string of the molecule is Nc1c(Nc2cccc3cccnc23)ncnc1N1CCN(c2ccccc2F)CC1. The first-order valence-electron chi connectivity index (χ1n) is 10.2. The monoisotopic (exact) mass is 415 g/mol. The van der Waals surface area contributed by atoms with Crippen molar-refractivity contribution >= 4 is 39.6 Å². The molecule has 4 aromatic rings. The van der Waals surface area contributed by atoms with Crippen LogP contribution in [-0.2, 0) is 0 Å². The standard InChI is InChI=1S/C23H22FN7/c24-17-7-1-2-9-19(17)30-11-13-31(14-12-30)23-20(25)22(27-15-28-23)29-18-8-3-5-16-6-4-10-26-21(16)18/h1-10,15H,11-14,25H2,(H,27,28,29). The third-order valence-electron chi connectivity index (χ3n) is 5.52. The normalized spacial score (nSPS) is 14.1. The van der Waals surface area contributed by atoms with Crippen molar-refractivity contribution < 1.29 is 4.39 Å². The molecule has 31 heavy (non-hydrogen) atoms. The van der Waals surface area contributed by atoms with Crippen molar-refractivity contribution in [2.24, 2.45) is 0 Å². The second kappa shape index (κ2) is 8.06. The molecule has 5 rings (SSSR count). The van der Waals surface area contributed by atoms with Crippen molar-refractivity contribution in [1.82, 2.24) is 15.0 Å². The Bertz CT molecular complexity index is 1220. The third kappa shape index (κ3) is 3.68. The minimum atomic E-state index is -0.201. The average Bonchev–Trinajstić information content (AvgIpc) is 2.81. The summed E-state index contributed by atoms with van der Waals surface area (Å²) in [6.45, 7) is 2.73. The number of nitrogens with two attached hydrogens (primary N) is 1. The van der Waals surface area contributed by atoms with Crippen LogP contribution in [-0.4, -0.2) is 41.1 Å². The van der Waals surface area contributed by atoms with Gasteiger partial charge < -0.3 is 20.9 Å². The number of hydrogen-bond donors (Lipinski definition) is 2. The topological polar surface area (TPSA) is 83.2 Å². The van der Waals surface area contributed by atoms with Gasteiger partial charge in [-0.25, -0.2) is 14.4 Å². The number of nitrogens with one attached hydrogen (secondary N) is 1. The molecule has 1 aliphatic heterocycles. The molecule has 3 heterocycles. The number of piperazine rings is 1. The van der Waals surface area contributed by atoms with Gasteiger partial charge in [0.05, 0.1) is 16.9 Å². The number of nitrogens with zero attached hydrogens (tertiary/aromatic N) is 5. The fourth-order valence-electron chi connectivity index (χ4n) is 3.94. The summed E-state index contributed by atoms with van der Waals surface area (Å²) in [6.07, 6.45) is 3.27. The maximum absolute atomic E-state index is 14.1. The highest BCUT2D eigenvalue weighted by molar-refractivity contribution is 5.93. The summed E-state index contributed by atoms with van der Waals surface area (Å²) in [4.78, 5) is 17.4. The molecule has 3 N–H and O–H groups in total. The lowest BCUT2D eigenvalue weighted by Gasteiger charge is -2.37. The zero-order valence-corrected chi connectivity index (χ0v) is 16.9. The first-order valence-corrected chi connectivity index (χ1v) is 10.2. The van der Waals surface area contributed by atoms with E-state index in [1.807, 2.05) is 47.4 Å². The molecule has 1 saturated heterocycles. The van der Waals surface area contributed by atoms with E-state index in [2.05, 4.69) is 25.2 Å². The quantitative estimate of drug-likeness (QED) is 0.524. The number of fused-ring (bicyclic) bond motifs is 1. The first-order chi connectivity index (χ1) is 15.2. The van der Waals surface area contributed by atoms with Crippen molar-refractivity contribution in [3.63, 3.8) is 0 Å². The van der Waals surface area contributed by atoms with Crippen molar-refractivity contribution in [1.29, 1.82) is 0 Å². The average molecular weight is 415 g/mol. The summed E-state index contributed by atoms with van der Waals surface area (Å²) in [7, 11) is 0. The van der Waals surface area contributed by atoms with E-state index in [0.29, 0.717) is 49.2 Å². The van der Waals surface area contributed by atoms with Gasteiger partial charge >= 0.3 is 0 Å². The molecule has 0 spiro atoms. The number of nitrogen functional groups attached to an aromatic ring is 1. The maximum Gasteiger partial charge on any atom is 0.159 e. The first kappa shape index (κ1) is 19.0. The Labute approximate surface area is 179 Å². The van der Waals surface area contributed by atoms with Gasteiger partial charge in [0, 0.05) is 37.8 Å². The Morgan fingerprint density at radius 1 is 0.839 bits per heavy atom. The van der Waals surface area contributed by atoms with Gasteiger partial charge in [-0.2, -0.15) is 0 Å². The molecule has 1 fully saturated rings. The van der Waals surface area contributed by atoms with Crippen LogP contribution in [0.2, 0.25) is 0 Å². The third-order valence-corrected chi connectivity index (χ3v) is 5.52. The summed E-state index contributed by atoms with van der Waals surface area (Å²) in [5.41, 5.74) is 9.24. The summed E-state index contributed by atoms with van der Waals surface area (Å²) in [5, 5.41) is 4.34. The van der Waals surface area contributed by atoms with Crippen LogP contribution in [0, 0.1) is 5.82 Å². The molecule has 2 aromatic heterocycles.